The Kier molecular flexibility index (Phi) is 4.12. The number of rotatable bonds is 1. The maximum atomic E-state index is 4.03. The molecule has 0 fully saturated rings. The van der Waals surface area contributed by atoms with E-state index in [-0.39, 0.29) is 0 Å². The summed E-state index contributed by atoms with van der Waals surface area (Å²) in [5, 5.41) is 0. The first kappa shape index (κ1) is 9.56. The fraction of sp³-hybridized carbons (Fsp3) is 0.250. The Morgan fingerprint density at radius 1 is 1.42 bits per heavy atom. The highest BCUT2D eigenvalue weighted by Gasteiger charge is 1.88. The normalized spacial score (nSPS) is 8.83. The van der Waals surface area contributed by atoms with E-state index in [4.69, 9.17) is 0 Å². The lowest BCUT2D eigenvalue weighted by Gasteiger charge is -1.87. The summed E-state index contributed by atoms with van der Waals surface area (Å²) in [4.78, 5) is 7.99. The lowest BCUT2D eigenvalue weighted by atomic mass is 10.4. The van der Waals surface area contributed by atoms with Crippen LogP contribution < -0.4 is 0 Å². The van der Waals surface area contributed by atoms with Crippen molar-refractivity contribution in [1.29, 1.82) is 0 Å². The second-order valence-electron chi connectivity index (χ2n) is 2.00. The smallest absolute Gasteiger partial charge is 0.204 e. The van der Waals surface area contributed by atoms with Crippen molar-refractivity contribution >= 4 is 28.6 Å². The van der Waals surface area contributed by atoms with E-state index in [0.29, 0.717) is 5.82 Å². The molecule has 0 N–H and O–H groups in total. The van der Waals surface area contributed by atoms with Crippen LogP contribution in [0.2, 0.25) is 0 Å². The van der Waals surface area contributed by atoms with Crippen molar-refractivity contribution in [3.63, 3.8) is 0 Å². The van der Waals surface area contributed by atoms with Crippen LogP contribution in [0, 0.1) is 11.8 Å². The lowest BCUT2D eigenvalue weighted by molar-refractivity contribution is 1.11. The van der Waals surface area contributed by atoms with Crippen LogP contribution in [0.1, 0.15) is 12.2 Å². The molecule has 0 aromatic carbocycles. The van der Waals surface area contributed by atoms with Gasteiger partial charge in [-0.05, 0) is 21.9 Å². The van der Waals surface area contributed by atoms with Gasteiger partial charge in [0.25, 0.3) is 0 Å². The molecular weight excluding hydrogens is 236 g/mol. The van der Waals surface area contributed by atoms with Gasteiger partial charge in [0, 0.05) is 24.6 Å². The molecule has 0 atom stereocenters. The molecule has 0 unspecified atom stereocenters. The first-order chi connectivity index (χ1) is 5.83. The Balaban J connectivity index is 2.66. The van der Waals surface area contributed by atoms with Gasteiger partial charge in [0.1, 0.15) is 0 Å². The molecule has 0 spiro atoms. The van der Waals surface area contributed by atoms with Crippen LogP contribution >= 0.6 is 28.6 Å². The summed E-state index contributed by atoms with van der Waals surface area (Å²) in [5.74, 6) is 7.06. The highest BCUT2D eigenvalue weighted by molar-refractivity contribution is 9.10. The molecule has 0 aliphatic rings. The van der Waals surface area contributed by atoms with Gasteiger partial charge >= 0.3 is 0 Å². The number of thiol groups is 1. The summed E-state index contributed by atoms with van der Waals surface area (Å²) in [5.41, 5.74) is 0. The Morgan fingerprint density at radius 3 is 2.67 bits per heavy atom. The molecule has 1 heterocycles. The standard InChI is InChI=1S/C8H7BrN2S/c9-7-5-10-8(11-6-7)3-1-2-4-12/h5-6,12H,2,4H2. The molecule has 2 nitrogen and oxygen atoms in total. The fourth-order valence-electron chi connectivity index (χ4n) is 0.574. The van der Waals surface area contributed by atoms with E-state index in [1.54, 1.807) is 12.4 Å². The minimum Gasteiger partial charge on any atom is -0.228 e. The summed E-state index contributed by atoms with van der Waals surface area (Å²) in [6.07, 6.45) is 4.12. The largest absolute Gasteiger partial charge is 0.228 e. The van der Waals surface area contributed by atoms with Gasteiger partial charge in [0.15, 0.2) is 0 Å². The topological polar surface area (TPSA) is 25.8 Å². The second kappa shape index (κ2) is 5.18. The SMILES string of the molecule is SCCC#Cc1ncc(Br)cn1. The molecule has 62 valence electrons. The average molecular weight is 243 g/mol. The van der Waals surface area contributed by atoms with Crippen molar-refractivity contribution in [1.82, 2.24) is 9.97 Å². The van der Waals surface area contributed by atoms with Gasteiger partial charge in [0.2, 0.25) is 5.82 Å². The Hall–Kier alpha value is -0.530. The number of hydrogen-bond acceptors (Lipinski definition) is 3. The molecule has 0 aliphatic heterocycles. The predicted molar refractivity (Wildman–Crippen MR) is 55.1 cm³/mol. The van der Waals surface area contributed by atoms with Gasteiger partial charge < -0.3 is 0 Å². The number of hydrogen-bond donors (Lipinski definition) is 1. The van der Waals surface area contributed by atoms with E-state index in [2.05, 4.69) is 50.4 Å². The second-order valence-corrected chi connectivity index (χ2v) is 3.36. The molecule has 0 aliphatic carbocycles. The maximum Gasteiger partial charge on any atom is 0.204 e. The first-order valence-electron chi connectivity index (χ1n) is 3.40. The van der Waals surface area contributed by atoms with Gasteiger partial charge in [-0.1, -0.05) is 5.92 Å². The fourth-order valence-corrected chi connectivity index (χ4v) is 0.891. The van der Waals surface area contributed by atoms with Crippen LogP contribution in [0.4, 0.5) is 0 Å². The third-order valence-corrected chi connectivity index (χ3v) is 1.69. The van der Waals surface area contributed by atoms with E-state index in [1.165, 1.54) is 0 Å². The van der Waals surface area contributed by atoms with E-state index >= 15 is 0 Å². The van der Waals surface area contributed by atoms with Crippen LogP contribution in [-0.2, 0) is 0 Å². The van der Waals surface area contributed by atoms with Crippen molar-refractivity contribution in [2.75, 3.05) is 5.75 Å². The Morgan fingerprint density at radius 2 is 2.08 bits per heavy atom. The highest BCUT2D eigenvalue weighted by atomic mass is 79.9. The molecule has 1 aromatic rings. The molecular formula is C8H7BrN2S. The maximum absolute atomic E-state index is 4.03. The quantitative estimate of drug-likeness (QED) is 0.602. The number of halogens is 1. The van der Waals surface area contributed by atoms with Crippen molar-refractivity contribution in [2.45, 2.75) is 6.42 Å². The van der Waals surface area contributed by atoms with Crippen LogP contribution in [0.5, 0.6) is 0 Å². The third-order valence-electron chi connectivity index (χ3n) is 1.06. The minimum atomic E-state index is 0.556. The molecule has 1 aromatic heterocycles. The van der Waals surface area contributed by atoms with Gasteiger partial charge in [-0.15, -0.1) is 0 Å². The lowest BCUT2D eigenvalue weighted by Crippen LogP contribution is -1.86. The van der Waals surface area contributed by atoms with Gasteiger partial charge in [-0.25, -0.2) is 9.97 Å². The zero-order valence-electron chi connectivity index (χ0n) is 6.29. The monoisotopic (exact) mass is 242 g/mol. The Bertz CT molecular complexity index is 299. The molecule has 12 heavy (non-hydrogen) atoms. The summed E-state index contributed by atoms with van der Waals surface area (Å²) in [6, 6.07) is 0. The zero-order valence-corrected chi connectivity index (χ0v) is 8.77. The Labute approximate surface area is 85.4 Å². The highest BCUT2D eigenvalue weighted by Crippen LogP contribution is 2.03. The summed E-state index contributed by atoms with van der Waals surface area (Å²) >= 11 is 7.27. The van der Waals surface area contributed by atoms with Gasteiger partial charge in [-0.2, -0.15) is 12.6 Å². The molecule has 0 bridgehead atoms. The summed E-state index contributed by atoms with van der Waals surface area (Å²) in [6.45, 7) is 0. The zero-order chi connectivity index (χ0) is 8.81. The van der Waals surface area contributed by atoms with Crippen LogP contribution in [0.3, 0.4) is 0 Å². The van der Waals surface area contributed by atoms with Crippen molar-refractivity contribution in [3.8, 4) is 11.8 Å². The average Bonchev–Trinajstić information content (AvgIpc) is 2.09. The minimum absolute atomic E-state index is 0.556. The molecule has 1 rings (SSSR count). The van der Waals surface area contributed by atoms with Crippen molar-refractivity contribution in [2.24, 2.45) is 0 Å². The van der Waals surface area contributed by atoms with Gasteiger partial charge in [0.05, 0.1) is 4.47 Å². The summed E-state index contributed by atoms with van der Waals surface area (Å²) < 4.78 is 0.863. The van der Waals surface area contributed by atoms with E-state index in [0.717, 1.165) is 16.6 Å². The van der Waals surface area contributed by atoms with E-state index in [9.17, 15) is 0 Å². The predicted octanol–water partition coefficient (Wildman–Crippen LogP) is 1.91. The molecule has 0 saturated carbocycles. The number of aromatic nitrogens is 2. The third kappa shape index (κ3) is 3.24. The van der Waals surface area contributed by atoms with Crippen molar-refractivity contribution < 1.29 is 0 Å². The first-order valence-corrected chi connectivity index (χ1v) is 4.83. The molecule has 0 radical (unpaired) electrons. The summed E-state index contributed by atoms with van der Waals surface area (Å²) in [7, 11) is 0. The number of nitrogens with zero attached hydrogens (tertiary/aromatic N) is 2. The molecule has 4 heteroatoms. The van der Waals surface area contributed by atoms with Crippen LogP contribution in [0.25, 0.3) is 0 Å². The van der Waals surface area contributed by atoms with Gasteiger partial charge in [-0.3, -0.25) is 0 Å². The van der Waals surface area contributed by atoms with Crippen LogP contribution in [0.15, 0.2) is 16.9 Å². The van der Waals surface area contributed by atoms with Crippen LogP contribution in [-0.4, -0.2) is 15.7 Å². The van der Waals surface area contributed by atoms with Crippen molar-refractivity contribution in [3.05, 3.63) is 22.7 Å². The molecule has 0 saturated heterocycles. The molecule has 0 amide bonds. The van der Waals surface area contributed by atoms with E-state index in [1.807, 2.05) is 0 Å². The van der Waals surface area contributed by atoms with E-state index < -0.39 is 0 Å².